The number of nitrogens with zero attached hydrogens (tertiary/aromatic N) is 2. The largest absolute Gasteiger partial charge is 0.497 e. The van der Waals surface area contributed by atoms with E-state index in [0.29, 0.717) is 17.3 Å². The Morgan fingerprint density at radius 3 is 2.70 bits per heavy atom. The number of rotatable bonds is 6. The van der Waals surface area contributed by atoms with Gasteiger partial charge in [-0.2, -0.15) is 0 Å². The quantitative estimate of drug-likeness (QED) is 0.360. The number of aryl methyl sites for hydroxylation is 1. The molecule has 0 bridgehead atoms. The summed E-state index contributed by atoms with van der Waals surface area (Å²) in [6.45, 7) is 6.71. The fourth-order valence-corrected chi connectivity index (χ4v) is 6.19. The Kier molecular flexibility index (Phi) is 8.22. The van der Waals surface area contributed by atoms with Crippen LogP contribution in [-0.4, -0.2) is 60.8 Å². The van der Waals surface area contributed by atoms with Crippen molar-refractivity contribution >= 4 is 39.6 Å². The van der Waals surface area contributed by atoms with E-state index in [9.17, 15) is 4.79 Å². The molecule has 8 heteroatoms. The smallest absolute Gasteiger partial charge is 0.341 e. The molecular formula is C25H33N3O3S2. The number of thiocarbonyl (C=S) groups is 1. The Morgan fingerprint density at radius 1 is 1.15 bits per heavy atom. The molecule has 178 valence electrons. The molecule has 0 unspecified atom stereocenters. The summed E-state index contributed by atoms with van der Waals surface area (Å²) in [5, 5.41) is 4.96. The number of hydrogen-bond donors (Lipinski definition) is 1. The Bertz CT molecular complexity index is 983. The number of ether oxygens (including phenoxy) is 2. The van der Waals surface area contributed by atoms with E-state index in [1.807, 2.05) is 19.1 Å². The van der Waals surface area contributed by atoms with Gasteiger partial charge in [-0.15, -0.1) is 11.3 Å². The summed E-state index contributed by atoms with van der Waals surface area (Å²) in [4.78, 5) is 18.8. The minimum absolute atomic E-state index is 0.231. The lowest BCUT2D eigenvalue weighted by Gasteiger charge is -2.36. The Labute approximate surface area is 205 Å². The summed E-state index contributed by atoms with van der Waals surface area (Å²) in [6.07, 6.45) is 5.48. The van der Waals surface area contributed by atoms with Crippen LogP contribution in [0.15, 0.2) is 24.3 Å². The second kappa shape index (κ2) is 11.3. The third-order valence-corrected chi connectivity index (χ3v) is 7.89. The van der Waals surface area contributed by atoms with Gasteiger partial charge in [0.2, 0.25) is 0 Å². The van der Waals surface area contributed by atoms with Crippen molar-refractivity contribution in [3.05, 3.63) is 45.8 Å². The standard InChI is InChI=1S/C25H33N3O3S2/c1-3-31-24(29)22-20-10-5-4-6-11-21(20)33-23(22)26-25(32)28-14-12-27(13-15-28)17-18-8-7-9-19(16-18)30-2/h7-9,16H,3-6,10-15,17H2,1-2H3,(H,26,32). The highest BCUT2D eigenvalue weighted by Gasteiger charge is 2.27. The zero-order valence-electron chi connectivity index (χ0n) is 19.5. The molecule has 1 aliphatic heterocycles. The highest BCUT2D eigenvalue weighted by Crippen LogP contribution is 2.38. The average Bonchev–Trinajstić information content (AvgIpc) is 3.00. The number of benzene rings is 1. The van der Waals surface area contributed by atoms with Gasteiger partial charge in [0, 0.05) is 37.6 Å². The lowest BCUT2D eigenvalue weighted by atomic mass is 10.1. The predicted octanol–water partition coefficient (Wildman–Crippen LogP) is 4.72. The number of hydrogen-bond acceptors (Lipinski definition) is 6. The number of thiophene rings is 1. The van der Waals surface area contributed by atoms with Crippen molar-refractivity contribution < 1.29 is 14.3 Å². The number of anilines is 1. The zero-order valence-corrected chi connectivity index (χ0v) is 21.2. The van der Waals surface area contributed by atoms with Gasteiger partial charge in [-0.25, -0.2) is 4.79 Å². The first-order valence-electron chi connectivity index (χ1n) is 11.8. The monoisotopic (exact) mass is 487 g/mol. The summed E-state index contributed by atoms with van der Waals surface area (Å²) in [6, 6.07) is 8.24. The molecule has 2 aliphatic rings. The van der Waals surface area contributed by atoms with Gasteiger partial charge < -0.3 is 19.7 Å². The number of carbonyl (C=O) groups is 1. The highest BCUT2D eigenvalue weighted by atomic mass is 32.1. The molecule has 1 aliphatic carbocycles. The lowest BCUT2D eigenvalue weighted by Crippen LogP contribution is -2.49. The first-order chi connectivity index (χ1) is 16.1. The average molecular weight is 488 g/mol. The summed E-state index contributed by atoms with van der Waals surface area (Å²) in [5.41, 5.74) is 3.13. The molecule has 1 aromatic heterocycles. The number of methoxy groups -OCH3 is 1. The first kappa shape index (κ1) is 24.0. The normalized spacial score (nSPS) is 16.6. The molecule has 6 nitrogen and oxygen atoms in total. The van der Waals surface area contributed by atoms with Crippen molar-refractivity contribution in [3.63, 3.8) is 0 Å². The second-order valence-corrected chi connectivity index (χ2v) is 10.0. The van der Waals surface area contributed by atoms with Crippen LogP contribution in [0.1, 0.15) is 52.5 Å². The molecule has 2 aromatic rings. The SMILES string of the molecule is CCOC(=O)c1c(NC(=S)N2CCN(Cc3cccc(OC)c3)CC2)sc2c1CCCCC2. The van der Waals surface area contributed by atoms with E-state index in [2.05, 4.69) is 27.2 Å². The van der Waals surface area contributed by atoms with E-state index in [1.54, 1.807) is 18.4 Å². The molecule has 0 atom stereocenters. The van der Waals surface area contributed by atoms with Crippen LogP contribution in [0.25, 0.3) is 0 Å². The fraction of sp³-hybridized carbons (Fsp3) is 0.520. The minimum atomic E-state index is -0.231. The summed E-state index contributed by atoms with van der Waals surface area (Å²) >= 11 is 7.45. The van der Waals surface area contributed by atoms with Crippen LogP contribution < -0.4 is 10.1 Å². The van der Waals surface area contributed by atoms with Gasteiger partial charge in [0.1, 0.15) is 10.8 Å². The van der Waals surface area contributed by atoms with Gasteiger partial charge in [-0.3, -0.25) is 4.90 Å². The summed E-state index contributed by atoms with van der Waals surface area (Å²) in [7, 11) is 1.70. The molecule has 1 N–H and O–H groups in total. The topological polar surface area (TPSA) is 54.0 Å². The van der Waals surface area contributed by atoms with Crippen LogP contribution >= 0.6 is 23.6 Å². The molecule has 2 heterocycles. The van der Waals surface area contributed by atoms with Crippen LogP contribution in [0, 0.1) is 0 Å². The fourth-order valence-electron chi connectivity index (χ4n) is 4.56. The molecule has 1 aromatic carbocycles. The van der Waals surface area contributed by atoms with Gasteiger partial charge >= 0.3 is 5.97 Å². The molecule has 33 heavy (non-hydrogen) atoms. The van der Waals surface area contributed by atoms with Crippen LogP contribution in [0.5, 0.6) is 5.75 Å². The van der Waals surface area contributed by atoms with Crippen molar-refractivity contribution in [2.24, 2.45) is 0 Å². The maximum absolute atomic E-state index is 12.8. The van der Waals surface area contributed by atoms with Crippen molar-refractivity contribution in [1.82, 2.24) is 9.80 Å². The van der Waals surface area contributed by atoms with Gasteiger partial charge in [0.25, 0.3) is 0 Å². The van der Waals surface area contributed by atoms with Gasteiger partial charge in [-0.05, 0) is 68.1 Å². The van der Waals surface area contributed by atoms with E-state index in [0.717, 1.165) is 62.7 Å². The van der Waals surface area contributed by atoms with Crippen LogP contribution in [0.4, 0.5) is 5.00 Å². The number of esters is 1. The van der Waals surface area contributed by atoms with Crippen molar-refractivity contribution in [1.29, 1.82) is 0 Å². The zero-order chi connectivity index (χ0) is 23.2. The molecule has 0 spiro atoms. The minimum Gasteiger partial charge on any atom is -0.497 e. The third-order valence-electron chi connectivity index (χ3n) is 6.32. The maximum Gasteiger partial charge on any atom is 0.341 e. The summed E-state index contributed by atoms with van der Waals surface area (Å²) in [5.74, 6) is 0.661. The van der Waals surface area contributed by atoms with Crippen molar-refractivity contribution in [2.45, 2.75) is 45.6 Å². The van der Waals surface area contributed by atoms with E-state index in [1.165, 1.54) is 28.8 Å². The number of nitrogens with one attached hydrogen (secondary N) is 1. The Morgan fingerprint density at radius 2 is 1.94 bits per heavy atom. The van der Waals surface area contributed by atoms with Crippen LogP contribution in [0.3, 0.4) is 0 Å². The van der Waals surface area contributed by atoms with E-state index < -0.39 is 0 Å². The maximum atomic E-state index is 12.8. The van der Waals surface area contributed by atoms with Gasteiger partial charge in [0.05, 0.1) is 19.3 Å². The van der Waals surface area contributed by atoms with E-state index in [-0.39, 0.29) is 5.97 Å². The molecule has 0 saturated carbocycles. The molecular weight excluding hydrogens is 454 g/mol. The molecule has 0 amide bonds. The van der Waals surface area contributed by atoms with Crippen molar-refractivity contribution in [3.8, 4) is 5.75 Å². The number of carbonyl (C=O) groups excluding carboxylic acids is 1. The Balaban J connectivity index is 1.39. The van der Waals surface area contributed by atoms with E-state index in [4.69, 9.17) is 21.7 Å². The molecule has 4 rings (SSSR count). The lowest BCUT2D eigenvalue weighted by molar-refractivity contribution is 0.0527. The Hall–Kier alpha value is -2.16. The highest BCUT2D eigenvalue weighted by molar-refractivity contribution is 7.80. The van der Waals surface area contributed by atoms with E-state index >= 15 is 0 Å². The third kappa shape index (κ3) is 5.86. The van der Waals surface area contributed by atoms with Gasteiger partial charge in [-0.1, -0.05) is 18.6 Å². The first-order valence-corrected chi connectivity index (χ1v) is 13.0. The molecule has 1 saturated heterocycles. The molecule has 1 fully saturated rings. The van der Waals surface area contributed by atoms with Crippen molar-refractivity contribution in [2.75, 3.05) is 45.2 Å². The predicted molar refractivity (Wildman–Crippen MR) is 138 cm³/mol. The number of fused-ring (bicyclic) bond motifs is 1. The van der Waals surface area contributed by atoms with Crippen LogP contribution in [0.2, 0.25) is 0 Å². The second-order valence-electron chi connectivity index (χ2n) is 8.53. The van der Waals surface area contributed by atoms with Gasteiger partial charge in [0.15, 0.2) is 5.11 Å². The summed E-state index contributed by atoms with van der Waals surface area (Å²) < 4.78 is 10.7. The number of piperazine rings is 1. The molecule has 0 radical (unpaired) electrons. The van der Waals surface area contributed by atoms with Crippen LogP contribution in [-0.2, 0) is 24.1 Å².